The number of aromatic nitrogens is 2. The zero-order valence-electron chi connectivity index (χ0n) is 9.29. The predicted octanol–water partition coefficient (Wildman–Crippen LogP) is 1.73. The Morgan fingerprint density at radius 1 is 1.06 bits per heavy atom. The molecule has 3 N–H and O–H groups in total. The lowest BCUT2D eigenvalue weighted by Gasteiger charge is -2.05. The number of H-pyrrole nitrogens is 1. The minimum atomic E-state index is -0.364. The average Bonchev–Trinajstić information content (AvgIpc) is 2.65. The van der Waals surface area contributed by atoms with Crippen molar-refractivity contribution in [3.05, 3.63) is 52.9 Å². The van der Waals surface area contributed by atoms with Gasteiger partial charge in [0.05, 0.1) is 16.7 Å². The summed E-state index contributed by atoms with van der Waals surface area (Å²) in [5.41, 5.74) is 1.15. The van der Waals surface area contributed by atoms with E-state index in [9.17, 15) is 15.0 Å². The van der Waals surface area contributed by atoms with Crippen molar-refractivity contribution in [1.82, 2.24) is 9.55 Å². The van der Waals surface area contributed by atoms with Crippen molar-refractivity contribution in [3.8, 4) is 17.2 Å². The van der Waals surface area contributed by atoms with E-state index < -0.39 is 0 Å². The number of para-hydroxylation sites is 2. The first kappa shape index (κ1) is 10.5. The minimum Gasteiger partial charge on any atom is -0.508 e. The molecule has 0 atom stereocenters. The standard InChI is InChI=1S/C13H10N2O3/c16-8-5-6-10-9(7-8)14-13(18)15(10)11-3-1-2-4-12(11)17/h1-7,16-17H,(H,14,18). The second kappa shape index (κ2) is 3.66. The van der Waals surface area contributed by atoms with Crippen molar-refractivity contribution in [3.63, 3.8) is 0 Å². The van der Waals surface area contributed by atoms with Crippen molar-refractivity contribution in [2.75, 3.05) is 0 Å². The van der Waals surface area contributed by atoms with Gasteiger partial charge >= 0.3 is 5.69 Å². The summed E-state index contributed by atoms with van der Waals surface area (Å²) in [6, 6.07) is 11.2. The third-order valence-electron chi connectivity index (χ3n) is 2.79. The molecule has 0 aliphatic rings. The van der Waals surface area contributed by atoms with Gasteiger partial charge in [0.25, 0.3) is 0 Å². The van der Waals surface area contributed by atoms with Gasteiger partial charge in [-0.1, -0.05) is 12.1 Å². The molecule has 0 amide bonds. The fraction of sp³-hybridized carbons (Fsp3) is 0. The number of hydrogen-bond acceptors (Lipinski definition) is 3. The maximum Gasteiger partial charge on any atom is 0.331 e. The molecule has 3 rings (SSSR count). The molecule has 1 aromatic heterocycles. The van der Waals surface area contributed by atoms with Gasteiger partial charge in [0.2, 0.25) is 0 Å². The third-order valence-corrected chi connectivity index (χ3v) is 2.79. The van der Waals surface area contributed by atoms with E-state index in [2.05, 4.69) is 4.98 Å². The Morgan fingerprint density at radius 3 is 2.61 bits per heavy atom. The fourth-order valence-electron chi connectivity index (χ4n) is 1.99. The van der Waals surface area contributed by atoms with Crippen LogP contribution in [-0.2, 0) is 0 Å². The van der Waals surface area contributed by atoms with Gasteiger partial charge in [0.1, 0.15) is 11.5 Å². The van der Waals surface area contributed by atoms with Crippen LogP contribution in [-0.4, -0.2) is 19.8 Å². The molecule has 90 valence electrons. The van der Waals surface area contributed by atoms with E-state index in [1.54, 1.807) is 24.3 Å². The molecule has 0 saturated heterocycles. The van der Waals surface area contributed by atoms with Crippen LogP contribution >= 0.6 is 0 Å². The number of benzene rings is 2. The zero-order valence-corrected chi connectivity index (χ0v) is 9.29. The Balaban J connectivity index is 2.40. The van der Waals surface area contributed by atoms with Crippen LogP contribution in [0, 0.1) is 0 Å². The number of phenolic OH excluding ortho intramolecular Hbond substituents is 2. The molecule has 3 aromatic rings. The predicted molar refractivity (Wildman–Crippen MR) is 67.2 cm³/mol. The first-order valence-corrected chi connectivity index (χ1v) is 5.39. The molecule has 18 heavy (non-hydrogen) atoms. The number of hydrogen-bond donors (Lipinski definition) is 3. The van der Waals surface area contributed by atoms with E-state index in [1.165, 1.54) is 22.8 Å². The van der Waals surface area contributed by atoms with Crippen LogP contribution in [0.3, 0.4) is 0 Å². The number of imidazole rings is 1. The lowest BCUT2D eigenvalue weighted by atomic mass is 10.2. The first-order valence-electron chi connectivity index (χ1n) is 5.39. The molecule has 0 bridgehead atoms. The number of fused-ring (bicyclic) bond motifs is 1. The highest BCUT2D eigenvalue weighted by Crippen LogP contribution is 2.24. The van der Waals surface area contributed by atoms with Crippen LogP contribution in [0.5, 0.6) is 11.5 Å². The lowest BCUT2D eigenvalue weighted by molar-refractivity contribution is 0.472. The van der Waals surface area contributed by atoms with Crippen molar-refractivity contribution in [2.24, 2.45) is 0 Å². The average molecular weight is 242 g/mol. The maximum absolute atomic E-state index is 11.9. The molecule has 0 aliphatic heterocycles. The number of aromatic hydroxyl groups is 2. The summed E-state index contributed by atoms with van der Waals surface area (Å²) in [7, 11) is 0. The van der Waals surface area contributed by atoms with Crippen LogP contribution in [0.4, 0.5) is 0 Å². The second-order valence-electron chi connectivity index (χ2n) is 3.96. The summed E-state index contributed by atoms with van der Waals surface area (Å²) in [4.78, 5) is 14.5. The Labute approximate surface area is 102 Å². The van der Waals surface area contributed by atoms with Crippen molar-refractivity contribution in [1.29, 1.82) is 0 Å². The normalized spacial score (nSPS) is 10.9. The number of aromatic amines is 1. The van der Waals surface area contributed by atoms with E-state index in [0.717, 1.165) is 0 Å². The van der Waals surface area contributed by atoms with Gasteiger partial charge in [0, 0.05) is 6.07 Å². The summed E-state index contributed by atoms with van der Waals surface area (Å²) >= 11 is 0. The maximum atomic E-state index is 11.9. The topological polar surface area (TPSA) is 78.2 Å². The van der Waals surface area contributed by atoms with Crippen LogP contribution in [0.1, 0.15) is 0 Å². The quantitative estimate of drug-likeness (QED) is 0.608. The van der Waals surface area contributed by atoms with Crippen LogP contribution in [0.25, 0.3) is 16.7 Å². The first-order chi connectivity index (χ1) is 8.66. The van der Waals surface area contributed by atoms with Gasteiger partial charge in [-0.25, -0.2) is 4.79 Å². The molecule has 2 aromatic carbocycles. The van der Waals surface area contributed by atoms with Crippen molar-refractivity contribution >= 4 is 11.0 Å². The molecule has 5 heteroatoms. The van der Waals surface area contributed by atoms with Gasteiger partial charge < -0.3 is 15.2 Å². The third kappa shape index (κ3) is 1.45. The summed E-state index contributed by atoms with van der Waals surface area (Å²) in [5, 5.41) is 19.2. The van der Waals surface area contributed by atoms with E-state index in [-0.39, 0.29) is 17.2 Å². The Morgan fingerprint density at radius 2 is 1.83 bits per heavy atom. The number of nitrogens with zero attached hydrogens (tertiary/aromatic N) is 1. The number of phenols is 2. The number of nitrogens with one attached hydrogen (secondary N) is 1. The van der Waals surface area contributed by atoms with Crippen LogP contribution in [0.2, 0.25) is 0 Å². The summed E-state index contributed by atoms with van der Waals surface area (Å²) in [6.45, 7) is 0. The molecular weight excluding hydrogens is 232 g/mol. The SMILES string of the molecule is O=c1[nH]c2cc(O)ccc2n1-c1ccccc1O. The highest BCUT2D eigenvalue weighted by Gasteiger charge is 2.11. The summed E-state index contributed by atoms with van der Waals surface area (Å²) in [5.74, 6) is 0.0989. The molecular formula is C13H10N2O3. The van der Waals surface area contributed by atoms with E-state index in [0.29, 0.717) is 16.7 Å². The summed E-state index contributed by atoms with van der Waals surface area (Å²) in [6.07, 6.45) is 0. The van der Waals surface area contributed by atoms with E-state index >= 15 is 0 Å². The van der Waals surface area contributed by atoms with Gasteiger partial charge in [-0.15, -0.1) is 0 Å². The highest BCUT2D eigenvalue weighted by atomic mass is 16.3. The van der Waals surface area contributed by atoms with E-state index in [1.807, 2.05) is 0 Å². The molecule has 0 unspecified atom stereocenters. The lowest BCUT2D eigenvalue weighted by Crippen LogP contribution is -2.14. The molecule has 0 fully saturated rings. The molecule has 5 nitrogen and oxygen atoms in total. The van der Waals surface area contributed by atoms with Gasteiger partial charge in [-0.05, 0) is 24.3 Å². The molecule has 0 spiro atoms. The zero-order chi connectivity index (χ0) is 12.7. The summed E-state index contributed by atoms with van der Waals surface area (Å²) < 4.78 is 1.37. The second-order valence-corrected chi connectivity index (χ2v) is 3.96. The van der Waals surface area contributed by atoms with Crippen LogP contribution in [0.15, 0.2) is 47.3 Å². The highest BCUT2D eigenvalue weighted by molar-refractivity contribution is 5.79. The monoisotopic (exact) mass is 242 g/mol. The smallest absolute Gasteiger partial charge is 0.331 e. The molecule has 1 heterocycles. The molecule has 0 aliphatic carbocycles. The van der Waals surface area contributed by atoms with E-state index in [4.69, 9.17) is 0 Å². The molecule has 0 radical (unpaired) electrons. The molecule has 0 saturated carbocycles. The fourth-order valence-corrected chi connectivity index (χ4v) is 1.99. The Bertz CT molecular complexity index is 786. The van der Waals surface area contributed by atoms with Gasteiger partial charge in [0.15, 0.2) is 0 Å². The van der Waals surface area contributed by atoms with Crippen molar-refractivity contribution < 1.29 is 10.2 Å². The van der Waals surface area contributed by atoms with Gasteiger partial charge in [-0.3, -0.25) is 4.57 Å². The number of rotatable bonds is 1. The largest absolute Gasteiger partial charge is 0.508 e. The Kier molecular flexibility index (Phi) is 2.13. The van der Waals surface area contributed by atoms with Crippen molar-refractivity contribution in [2.45, 2.75) is 0 Å². The van der Waals surface area contributed by atoms with Gasteiger partial charge in [-0.2, -0.15) is 0 Å². The van der Waals surface area contributed by atoms with Crippen LogP contribution < -0.4 is 5.69 Å². The minimum absolute atomic E-state index is 0.0218. The Hall–Kier alpha value is -2.69.